The van der Waals surface area contributed by atoms with Crippen LogP contribution in [0.15, 0.2) is 18.2 Å². The third-order valence-electron chi connectivity index (χ3n) is 1.71. The van der Waals surface area contributed by atoms with Crippen LogP contribution >= 0.6 is 34.5 Å². The Morgan fingerprint density at radius 3 is 2.62 bits per heavy atom. The largest absolute Gasteiger partial charge is 0.477 e. The highest BCUT2D eigenvalue weighted by Gasteiger charge is 2.12. The third-order valence-corrected chi connectivity index (χ3v) is 3.13. The molecule has 0 fully saturated rings. The Hall–Kier alpha value is -1.17. The van der Waals surface area contributed by atoms with Crippen molar-refractivity contribution in [2.24, 2.45) is 0 Å². The summed E-state index contributed by atoms with van der Waals surface area (Å²) in [6.07, 6.45) is 0. The highest BCUT2D eigenvalue weighted by Crippen LogP contribution is 2.29. The molecular weight excluding hydrogens is 271 g/mol. The van der Waals surface area contributed by atoms with Crippen LogP contribution < -0.4 is 0 Å². The van der Waals surface area contributed by atoms with Crippen molar-refractivity contribution in [2.75, 3.05) is 0 Å². The highest BCUT2D eigenvalue weighted by molar-refractivity contribution is 7.19. The molecule has 0 radical (unpaired) electrons. The second-order valence-electron chi connectivity index (χ2n) is 2.81. The van der Waals surface area contributed by atoms with Crippen LogP contribution in [0, 0.1) is 0 Å². The lowest BCUT2D eigenvalue weighted by atomic mass is 10.4. The topological polar surface area (TPSA) is 63.1 Å². The van der Waals surface area contributed by atoms with Gasteiger partial charge in [-0.3, -0.25) is 0 Å². The van der Waals surface area contributed by atoms with Crippen LogP contribution in [-0.4, -0.2) is 21.0 Å². The van der Waals surface area contributed by atoms with Crippen LogP contribution in [-0.2, 0) is 0 Å². The number of carboxylic acid groups (broad SMARTS) is 1. The zero-order valence-electron chi connectivity index (χ0n) is 7.65. The van der Waals surface area contributed by atoms with Gasteiger partial charge in [0.25, 0.3) is 0 Å². The lowest BCUT2D eigenvalue weighted by Gasteiger charge is -1.99. The molecule has 2 heterocycles. The lowest BCUT2D eigenvalue weighted by molar-refractivity contribution is 0.0690. The molecule has 0 aliphatic heterocycles. The van der Waals surface area contributed by atoms with E-state index in [2.05, 4.69) is 9.97 Å². The zero-order valence-corrected chi connectivity index (χ0v) is 9.97. The van der Waals surface area contributed by atoms with Gasteiger partial charge < -0.3 is 5.11 Å². The van der Waals surface area contributed by atoms with E-state index >= 15 is 0 Å². The molecule has 0 saturated heterocycles. The van der Waals surface area contributed by atoms with Gasteiger partial charge in [0.05, 0.1) is 9.21 Å². The molecule has 0 aromatic carbocycles. The first kappa shape index (κ1) is 11.3. The van der Waals surface area contributed by atoms with Gasteiger partial charge in [-0.05, 0) is 12.1 Å². The number of aromatic nitrogens is 2. The van der Waals surface area contributed by atoms with Gasteiger partial charge in [0.1, 0.15) is 5.15 Å². The number of carboxylic acids is 1. The summed E-state index contributed by atoms with van der Waals surface area (Å²) in [6, 6.07) is 4.60. The summed E-state index contributed by atoms with van der Waals surface area (Å²) in [5, 5.41) is 8.90. The molecule has 0 saturated carbocycles. The number of nitrogens with zero attached hydrogens (tertiary/aromatic N) is 2. The number of rotatable bonds is 2. The molecule has 1 N–H and O–H groups in total. The van der Waals surface area contributed by atoms with Crippen molar-refractivity contribution in [1.82, 2.24) is 9.97 Å². The Morgan fingerprint density at radius 1 is 1.31 bits per heavy atom. The second kappa shape index (κ2) is 4.37. The van der Waals surface area contributed by atoms with Crippen molar-refractivity contribution in [3.8, 4) is 10.7 Å². The number of carbonyl (C=O) groups is 1. The van der Waals surface area contributed by atoms with Crippen LogP contribution in [0.2, 0.25) is 9.49 Å². The first-order valence-corrected chi connectivity index (χ1v) is 5.67. The zero-order chi connectivity index (χ0) is 11.7. The summed E-state index contributed by atoms with van der Waals surface area (Å²) in [5.41, 5.74) is -0.139. The van der Waals surface area contributed by atoms with Crippen molar-refractivity contribution < 1.29 is 9.90 Å². The van der Waals surface area contributed by atoms with Gasteiger partial charge in [0.2, 0.25) is 0 Å². The molecule has 4 nitrogen and oxygen atoms in total. The van der Waals surface area contributed by atoms with Crippen LogP contribution in [0.5, 0.6) is 0 Å². The summed E-state index contributed by atoms with van der Waals surface area (Å²) < 4.78 is 0.579. The van der Waals surface area contributed by atoms with Crippen LogP contribution in [0.4, 0.5) is 0 Å². The van der Waals surface area contributed by atoms with E-state index in [-0.39, 0.29) is 16.7 Å². The Kier molecular flexibility index (Phi) is 3.09. The van der Waals surface area contributed by atoms with Gasteiger partial charge in [-0.1, -0.05) is 23.2 Å². The van der Waals surface area contributed by atoms with E-state index < -0.39 is 5.97 Å². The Morgan fingerprint density at radius 2 is 2.06 bits per heavy atom. The van der Waals surface area contributed by atoms with Crippen LogP contribution in [0.25, 0.3) is 10.7 Å². The molecule has 0 atom stereocenters. The molecule has 0 aliphatic carbocycles. The van der Waals surface area contributed by atoms with Crippen molar-refractivity contribution in [2.45, 2.75) is 0 Å². The van der Waals surface area contributed by atoms with E-state index in [1.807, 2.05) is 0 Å². The van der Waals surface area contributed by atoms with E-state index in [4.69, 9.17) is 28.3 Å². The second-order valence-corrected chi connectivity index (χ2v) is 4.91. The molecular formula is C9H4Cl2N2O2S. The van der Waals surface area contributed by atoms with Crippen LogP contribution in [0.1, 0.15) is 10.5 Å². The van der Waals surface area contributed by atoms with Gasteiger partial charge in [-0.15, -0.1) is 11.3 Å². The summed E-state index contributed by atoms with van der Waals surface area (Å²) in [7, 11) is 0. The lowest BCUT2D eigenvalue weighted by Crippen LogP contribution is -2.02. The number of halogens is 2. The summed E-state index contributed by atoms with van der Waals surface area (Å²) in [5.74, 6) is -0.880. The van der Waals surface area contributed by atoms with E-state index in [9.17, 15) is 4.79 Å². The first-order valence-electron chi connectivity index (χ1n) is 4.10. The fraction of sp³-hybridized carbons (Fsp3) is 0. The fourth-order valence-corrected chi connectivity index (χ4v) is 2.23. The minimum atomic E-state index is -1.15. The molecule has 0 unspecified atom stereocenters. The maximum atomic E-state index is 10.8. The van der Waals surface area contributed by atoms with E-state index in [0.29, 0.717) is 9.21 Å². The SMILES string of the molecule is O=C(O)c1cc(Cl)nc(-c2ccc(Cl)s2)n1. The maximum absolute atomic E-state index is 10.8. The predicted molar refractivity (Wildman–Crippen MR) is 62.3 cm³/mol. The molecule has 16 heavy (non-hydrogen) atoms. The summed E-state index contributed by atoms with van der Waals surface area (Å²) in [4.78, 5) is 19.3. The van der Waals surface area contributed by atoms with Gasteiger partial charge in [0.15, 0.2) is 11.5 Å². The molecule has 2 aromatic rings. The average Bonchev–Trinajstić information content (AvgIpc) is 2.64. The minimum absolute atomic E-state index is 0.0897. The Labute approximate surface area is 104 Å². The molecule has 0 amide bonds. The Bertz CT molecular complexity index is 556. The number of hydrogen-bond acceptors (Lipinski definition) is 4. The molecule has 2 rings (SSSR count). The fourth-order valence-electron chi connectivity index (χ4n) is 1.07. The Balaban J connectivity index is 2.53. The molecule has 2 aromatic heterocycles. The number of thiophene rings is 1. The molecule has 0 bridgehead atoms. The van der Waals surface area contributed by atoms with Gasteiger partial charge in [-0.2, -0.15) is 0 Å². The summed E-state index contributed by atoms with van der Waals surface area (Å²) >= 11 is 12.7. The van der Waals surface area contributed by atoms with Gasteiger partial charge in [0, 0.05) is 6.07 Å². The first-order chi connectivity index (χ1) is 7.56. The van der Waals surface area contributed by atoms with Crippen LogP contribution in [0.3, 0.4) is 0 Å². The molecule has 82 valence electrons. The quantitative estimate of drug-likeness (QED) is 0.855. The van der Waals surface area contributed by atoms with E-state index in [1.165, 1.54) is 17.4 Å². The molecule has 0 spiro atoms. The van der Waals surface area contributed by atoms with Crippen molar-refractivity contribution in [3.63, 3.8) is 0 Å². The monoisotopic (exact) mass is 274 g/mol. The third kappa shape index (κ3) is 2.32. The van der Waals surface area contributed by atoms with E-state index in [1.54, 1.807) is 12.1 Å². The maximum Gasteiger partial charge on any atom is 0.354 e. The minimum Gasteiger partial charge on any atom is -0.477 e. The highest BCUT2D eigenvalue weighted by atomic mass is 35.5. The van der Waals surface area contributed by atoms with Crippen molar-refractivity contribution in [3.05, 3.63) is 33.4 Å². The van der Waals surface area contributed by atoms with E-state index in [0.717, 1.165) is 0 Å². The van der Waals surface area contributed by atoms with Gasteiger partial charge in [-0.25, -0.2) is 14.8 Å². The number of aromatic carboxylic acids is 1. The molecule has 7 heteroatoms. The average molecular weight is 275 g/mol. The molecule has 0 aliphatic rings. The number of hydrogen-bond donors (Lipinski definition) is 1. The van der Waals surface area contributed by atoms with Crippen molar-refractivity contribution >= 4 is 40.5 Å². The van der Waals surface area contributed by atoms with Crippen molar-refractivity contribution in [1.29, 1.82) is 0 Å². The van der Waals surface area contributed by atoms with Gasteiger partial charge >= 0.3 is 5.97 Å². The summed E-state index contributed by atoms with van der Waals surface area (Å²) in [6.45, 7) is 0. The standard InChI is InChI=1S/C9H4Cl2N2O2S/c10-6-3-4(9(14)15)12-8(13-6)5-1-2-7(11)16-5/h1-3H,(H,14,15). The smallest absolute Gasteiger partial charge is 0.354 e. The predicted octanol–water partition coefficient (Wildman–Crippen LogP) is 3.21. The normalized spacial score (nSPS) is 10.4.